The third-order valence-corrected chi connectivity index (χ3v) is 7.86. The van der Waals surface area contributed by atoms with Gasteiger partial charge in [-0.3, -0.25) is 4.98 Å². The van der Waals surface area contributed by atoms with Gasteiger partial charge in [0.2, 0.25) is 5.69 Å². The summed E-state index contributed by atoms with van der Waals surface area (Å²) >= 11 is 0. The predicted octanol–water partition coefficient (Wildman–Crippen LogP) is 6.06. The molecule has 1 aromatic carbocycles. The normalized spacial score (nSPS) is 24.9. The molecule has 0 amide bonds. The number of fused-ring (bicyclic) bond motifs is 5. The lowest BCUT2D eigenvalue weighted by Crippen LogP contribution is -2.31. The van der Waals surface area contributed by atoms with Gasteiger partial charge in [0.15, 0.2) is 6.20 Å². The molecular weight excluding hydrogens is 364 g/mol. The smallest absolute Gasteiger partial charge is 0.213 e. The van der Waals surface area contributed by atoms with E-state index in [1.54, 1.807) is 0 Å². The van der Waals surface area contributed by atoms with Crippen molar-refractivity contribution in [1.82, 2.24) is 4.98 Å². The van der Waals surface area contributed by atoms with E-state index < -0.39 is 5.89 Å². The lowest BCUT2D eigenvalue weighted by molar-refractivity contribution is -0.660. The first-order valence-corrected chi connectivity index (χ1v) is 11.6. The average Bonchev–Trinajstić information content (AvgIpc) is 3.14. The van der Waals surface area contributed by atoms with E-state index in [2.05, 4.69) is 55.1 Å². The maximum atomic E-state index is 9.33. The standard InChI is InChI=1S/C28H31N2/c1-18-6-11-22-23-12-14-29-26-5-3-4-19-7-9-20(10-8-19)21-13-15-30(2)27(16-21)28(18)25(22)17-24(23)26/h6,11-16,19-20H,3-5,7-10,17H2,1-2H3/q+1/i20D. The van der Waals surface area contributed by atoms with Crippen molar-refractivity contribution in [3.05, 3.63) is 70.7 Å². The molecule has 3 aromatic rings. The van der Waals surface area contributed by atoms with E-state index in [0.29, 0.717) is 0 Å². The topological polar surface area (TPSA) is 16.8 Å². The molecule has 0 aliphatic heterocycles. The van der Waals surface area contributed by atoms with Crippen LogP contribution in [0.5, 0.6) is 0 Å². The van der Waals surface area contributed by atoms with E-state index in [9.17, 15) is 1.37 Å². The number of aromatic nitrogens is 2. The number of nitrogens with zero attached hydrogens (tertiary/aromatic N) is 2. The predicted molar refractivity (Wildman–Crippen MR) is 121 cm³/mol. The minimum absolute atomic E-state index is 0.444. The van der Waals surface area contributed by atoms with E-state index in [1.807, 2.05) is 6.20 Å². The number of hydrogen-bond donors (Lipinski definition) is 0. The van der Waals surface area contributed by atoms with Crippen LogP contribution in [0, 0.1) is 12.8 Å². The summed E-state index contributed by atoms with van der Waals surface area (Å²) in [5.41, 5.74) is 12.1. The monoisotopic (exact) mass is 396 g/mol. The van der Waals surface area contributed by atoms with Gasteiger partial charge in [-0.05, 0) is 96.7 Å². The van der Waals surface area contributed by atoms with Gasteiger partial charge in [-0.1, -0.05) is 18.6 Å². The summed E-state index contributed by atoms with van der Waals surface area (Å²) in [6, 6.07) is 11.3. The van der Waals surface area contributed by atoms with Crippen LogP contribution in [0.1, 0.15) is 73.7 Å². The molecule has 1 fully saturated rings. The van der Waals surface area contributed by atoms with Crippen LogP contribution in [0.2, 0.25) is 0 Å². The summed E-state index contributed by atoms with van der Waals surface area (Å²) in [6.45, 7) is 2.24. The van der Waals surface area contributed by atoms with Crippen molar-refractivity contribution >= 4 is 0 Å². The molecule has 0 atom stereocenters. The summed E-state index contributed by atoms with van der Waals surface area (Å²) in [5.74, 6) is 0.324. The molecule has 2 heterocycles. The van der Waals surface area contributed by atoms with Crippen LogP contribution in [-0.2, 0) is 19.9 Å². The van der Waals surface area contributed by atoms with Gasteiger partial charge in [0, 0.05) is 31.8 Å². The van der Waals surface area contributed by atoms with E-state index in [1.165, 1.54) is 76.0 Å². The van der Waals surface area contributed by atoms with Crippen molar-refractivity contribution < 1.29 is 5.94 Å². The van der Waals surface area contributed by atoms with Gasteiger partial charge in [-0.2, -0.15) is 0 Å². The third-order valence-electron chi connectivity index (χ3n) is 7.86. The van der Waals surface area contributed by atoms with Crippen LogP contribution < -0.4 is 4.57 Å². The molecule has 1 saturated carbocycles. The average molecular weight is 397 g/mol. The summed E-state index contributed by atoms with van der Waals surface area (Å²) in [6.07, 6.45) is 13.1. The number of pyridine rings is 2. The van der Waals surface area contributed by atoms with E-state index in [0.717, 1.165) is 31.6 Å². The van der Waals surface area contributed by atoms with Crippen LogP contribution in [0.3, 0.4) is 0 Å². The zero-order valence-electron chi connectivity index (χ0n) is 19.2. The highest BCUT2D eigenvalue weighted by atomic mass is 14.9. The van der Waals surface area contributed by atoms with E-state index >= 15 is 0 Å². The molecule has 0 unspecified atom stereocenters. The minimum Gasteiger partial charge on any atom is -0.261 e. The van der Waals surface area contributed by atoms with E-state index in [-0.39, 0.29) is 0 Å². The summed E-state index contributed by atoms with van der Waals surface area (Å²) < 4.78 is 11.6. The zero-order chi connectivity index (χ0) is 21.2. The first-order chi connectivity index (χ1) is 15.0. The maximum Gasteiger partial charge on any atom is 0.213 e. The van der Waals surface area contributed by atoms with Crippen molar-refractivity contribution in [2.75, 3.05) is 0 Å². The Morgan fingerprint density at radius 2 is 1.83 bits per heavy atom. The SMILES string of the molecule is [2H]C12CCC(CCCc3nccc4c3Cc3c-4ccc(C)c3-c3cc1cc[n+]3C)CC2. The van der Waals surface area contributed by atoms with Crippen molar-refractivity contribution in [3.8, 4) is 22.4 Å². The molecule has 7 rings (SSSR count). The summed E-state index contributed by atoms with van der Waals surface area (Å²) in [5, 5.41) is 0. The Kier molecular flexibility index (Phi) is 4.04. The fourth-order valence-electron chi connectivity index (χ4n) is 6.13. The lowest BCUT2D eigenvalue weighted by atomic mass is 9.77. The Hall–Kier alpha value is -2.48. The molecule has 2 heteroatoms. The third kappa shape index (κ3) is 2.84. The van der Waals surface area contributed by atoms with Gasteiger partial charge in [-0.25, -0.2) is 4.57 Å². The molecule has 30 heavy (non-hydrogen) atoms. The fraction of sp³-hybridized carbons (Fsp3) is 0.429. The Labute approximate surface area is 181 Å². The van der Waals surface area contributed by atoms with Gasteiger partial charge in [0.25, 0.3) is 0 Å². The van der Waals surface area contributed by atoms with Gasteiger partial charge in [0.1, 0.15) is 7.05 Å². The summed E-state index contributed by atoms with van der Waals surface area (Å²) in [4.78, 5) is 4.84. The van der Waals surface area contributed by atoms with Crippen molar-refractivity contribution in [2.24, 2.45) is 13.0 Å². The molecule has 0 N–H and O–H groups in total. The first kappa shape index (κ1) is 17.2. The molecule has 2 nitrogen and oxygen atoms in total. The molecule has 6 bridgehead atoms. The van der Waals surface area contributed by atoms with Gasteiger partial charge >= 0.3 is 0 Å². The molecule has 2 aromatic heterocycles. The van der Waals surface area contributed by atoms with Crippen molar-refractivity contribution in [2.45, 2.75) is 64.2 Å². The quantitative estimate of drug-likeness (QED) is 0.330. The molecular formula is C28H31N2+. The van der Waals surface area contributed by atoms with Gasteiger partial charge in [-0.15, -0.1) is 0 Å². The minimum atomic E-state index is -0.444. The highest BCUT2D eigenvalue weighted by Crippen LogP contribution is 2.45. The molecule has 152 valence electrons. The fourth-order valence-corrected chi connectivity index (χ4v) is 6.13. The number of rotatable bonds is 0. The molecule has 4 aliphatic rings. The van der Waals surface area contributed by atoms with Crippen LogP contribution in [0.4, 0.5) is 0 Å². The molecule has 0 radical (unpaired) electrons. The Morgan fingerprint density at radius 1 is 1.00 bits per heavy atom. The highest BCUT2D eigenvalue weighted by Gasteiger charge is 2.30. The van der Waals surface area contributed by atoms with Crippen LogP contribution in [0.25, 0.3) is 22.4 Å². The Balaban J connectivity index is 1.61. The molecule has 0 spiro atoms. The van der Waals surface area contributed by atoms with Gasteiger partial charge in [0.05, 0.1) is 5.56 Å². The van der Waals surface area contributed by atoms with E-state index in [4.69, 9.17) is 4.98 Å². The van der Waals surface area contributed by atoms with Crippen LogP contribution in [-0.4, -0.2) is 4.98 Å². The number of benzene rings is 1. The van der Waals surface area contributed by atoms with Crippen molar-refractivity contribution in [3.63, 3.8) is 0 Å². The Morgan fingerprint density at radius 3 is 2.70 bits per heavy atom. The first-order valence-electron chi connectivity index (χ1n) is 12.1. The number of aryl methyl sites for hydroxylation is 3. The largest absolute Gasteiger partial charge is 0.261 e. The Bertz CT molecular complexity index is 1190. The second-order valence-corrected chi connectivity index (χ2v) is 9.59. The second-order valence-electron chi connectivity index (χ2n) is 9.59. The van der Waals surface area contributed by atoms with Crippen molar-refractivity contribution in [1.29, 1.82) is 0 Å². The molecule has 4 aliphatic carbocycles. The van der Waals surface area contributed by atoms with Gasteiger partial charge < -0.3 is 0 Å². The summed E-state index contributed by atoms with van der Waals surface area (Å²) in [7, 11) is 2.15. The maximum absolute atomic E-state index is 9.33. The second kappa shape index (κ2) is 7.04. The number of hydrogen-bond acceptors (Lipinski definition) is 1. The lowest BCUT2D eigenvalue weighted by Gasteiger charge is -2.29. The highest BCUT2D eigenvalue weighted by molar-refractivity contribution is 5.85. The van der Waals surface area contributed by atoms with Crippen LogP contribution >= 0.6 is 0 Å². The van der Waals surface area contributed by atoms with Crippen LogP contribution in [0.15, 0.2) is 42.7 Å². The molecule has 0 saturated heterocycles. The zero-order valence-corrected chi connectivity index (χ0v) is 18.2.